The van der Waals surface area contributed by atoms with Crippen LogP contribution >= 0.6 is 12.6 Å². The van der Waals surface area contributed by atoms with Gasteiger partial charge in [0.25, 0.3) is 0 Å². The number of carboxylic acids is 1. The summed E-state index contributed by atoms with van der Waals surface area (Å²) in [5.74, 6) is -6.92. The molecule has 0 aliphatic carbocycles. The van der Waals surface area contributed by atoms with Crippen molar-refractivity contribution in [1.82, 2.24) is 36.8 Å². The third kappa shape index (κ3) is 18.2. The van der Waals surface area contributed by atoms with Gasteiger partial charge in [-0.3, -0.25) is 33.6 Å². The maximum absolute atomic E-state index is 14.5. The molecule has 1 saturated heterocycles. The first-order chi connectivity index (χ1) is 31.4. The van der Waals surface area contributed by atoms with Crippen LogP contribution in [0.25, 0.3) is 0 Å². The Labute approximate surface area is 387 Å². The molecule has 1 heterocycles. The number of unbranched alkanes of at least 4 members (excludes halogenated alkanes) is 1. The number of nitrogens with zero attached hydrogens (tertiary/aromatic N) is 1. The number of aliphatic carboxylic acids is 1. The predicted octanol–water partition coefficient (Wildman–Crippen LogP) is -2.22. The van der Waals surface area contributed by atoms with Crippen molar-refractivity contribution in [2.45, 2.75) is 113 Å². The van der Waals surface area contributed by atoms with Crippen molar-refractivity contribution in [2.24, 2.45) is 22.9 Å². The first-order valence-corrected chi connectivity index (χ1v) is 22.3. The fourth-order valence-electron chi connectivity index (χ4n) is 7.17. The molecule has 3 rings (SSSR count). The van der Waals surface area contributed by atoms with E-state index in [9.17, 15) is 53.4 Å². The van der Waals surface area contributed by atoms with Crippen LogP contribution in [0.3, 0.4) is 0 Å². The van der Waals surface area contributed by atoms with Crippen LogP contribution in [0, 0.1) is 0 Å². The lowest BCUT2D eigenvalue weighted by molar-refractivity contribution is -0.145. The maximum Gasteiger partial charge on any atom is 0.326 e. The number of phenolic OH excluding ortho intramolecular Hbond substituents is 1. The van der Waals surface area contributed by atoms with E-state index in [4.69, 9.17) is 22.9 Å². The minimum atomic E-state index is -1.52. The van der Waals surface area contributed by atoms with Crippen LogP contribution in [-0.2, 0) is 51.2 Å². The average Bonchev–Trinajstić information content (AvgIpc) is 3.78. The number of nitrogens with one attached hydrogen (secondary N) is 6. The van der Waals surface area contributed by atoms with Gasteiger partial charge in [0.1, 0.15) is 42.0 Å². The lowest BCUT2D eigenvalue weighted by Crippen LogP contribution is -2.60. The molecule has 0 unspecified atom stereocenters. The number of phenols is 1. The third-order valence-electron chi connectivity index (χ3n) is 10.8. The van der Waals surface area contributed by atoms with Crippen LogP contribution in [0.5, 0.6) is 5.75 Å². The van der Waals surface area contributed by atoms with Gasteiger partial charge in [0.2, 0.25) is 41.4 Å². The number of likely N-dealkylation sites (tertiary alicyclic amines) is 1. The molecule has 0 radical (unpaired) electrons. The molecule has 2 aromatic rings. The van der Waals surface area contributed by atoms with Crippen molar-refractivity contribution in [2.75, 3.05) is 25.4 Å². The van der Waals surface area contributed by atoms with Crippen molar-refractivity contribution < 1.29 is 53.4 Å². The summed E-state index contributed by atoms with van der Waals surface area (Å²) in [6.45, 7) is 0.509. The Kier molecular flexibility index (Phi) is 22.7. The number of carbonyl (C=O) groups is 9. The number of benzene rings is 2. The summed E-state index contributed by atoms with van der Waals surface area (Å²) in [4.78, 5) is 120. The van der Waals surface area contributed by atoms with E-state index >= 15 is 0 Å². The Balaban J connectivity index is 1.96. The number of thiol groups is 1. The molecule has 1 aliphatic rings. The van der Waals surface area contributed by atoms with E-state index in [1.54, 1.807) is 30.3 Å². The molecule has 7 atom stereocenters. The van der Waals surface area contributed by atoms with Crippen LogP contribution in [0.4, 0.5) is 4.79 Å². The second-order valence-electron chi connectivity index (χ2n) is 15.9. The fourth-order valence-corrected chi connectivity index (χ4v) is 7.33. The lowest BCUT2D eigenvalue weighted by atomic mass is 10.0. The highest BCUT2D eigenvalue weighted by molar-refractivity contribution is 7.80. The fraction of sp³-hybridized carbons (Fsp3) is 0.512. The molecule has 0 aromatic heterocycles. The normalized spacial score (nSPS) is 16.0. The first-order valence-electron chi connectivity index (χ1n) is 21.7. The van der Waals surface area contributed by atoms with Crippen molar-refractivity contribution in [3.05, 3.63) is 65.7 Å². The Hall–Kier alpha value is -6.46. The summed E-state index contributed by atoms with van der Waals surface area (Å²) in [6.07, 6.45) is 0.874. The average molecular weight is 942 g/mol. The molecule has 22 nitrogen and oxygen atoms in total. The number of rotatable bonds is 28. The molecule has 1 aliphatic heterocycles. The first kappa shape index (κ1) is 53.9. The Morgan fingerprint density at radius 2 is 1.26 bits per heavy atom. The minimum Gasteiger partial charge on any atom is -0.508 e. The van der Waals surface area contributed by atoms with Gasteiger partial charge in [-0.1, -0.05) is 42.5 Å². The quantitative estimate of drug-likeness (QED) is 0.0318. The molecule has 9 amide bonds. The van der Waals surface area contributed by atoms with Crippen molar-refractivity contribution in [3.8, 4) is 5.75 Å². The number of carboxylic acid groups (broad SMARTS) is 1. The molecule has 23 heteroatoms. The van der Waals surface area contributed by atoms with E-state index in [-0.39, 0.29) is 69.5 Å². The number of hydrogen-bond acceptors (Lipinski definition) is 13. The summed E-state index contributed by atoms with van der Waals surface area (Å²) in [7, 11) is 0. The zero-order valence-electron chi connectivity index (χ0n) is 36.6. The topological polar surface area (TPSA) is 374 Å². The summed E-state index contributed by atoms with van der Waals surface area (Å²) in [5, 5.41) is 35.1. The summed E-state index contributed by atoms with van der Waals surface area (Å²) in [6, 6.07) is 4.66. The van der Waals surface area contributed by atoms with Crippen LogP contribution < -0.4 is 54.8 Å². The van der Waals surface area contributed by atoms with Gasteiger partial charge in [0.05, 0.1) is 6.04 Å². The van der Waals surface area contributed by atoms with E-state index in [1.165, 1.54) is 29.2 Å². The molecule has 16 N–H and O–H groups in total. The molecular formula is C43H63N11O11S. The van der Waals surface area contributed by atoms with Gasteiger partial charge in [-0.2, -0.15) is 12.6 Å². The number of amides is 9. The van der Waals surface area contributed by atoms with Gasteiger partial charge in [-0.05, 0) is 81.2 Å². The smallest absolute Gasteiger partial charge is 0.326 e. The van der Waals surface area contributed by atoms with Crippen molar-refractivity contribution in [1.29, 1.82) is 0 Å². The summed E-state index contributed by atoms with van der Waals surface area (Å²) in [5.41, 5.74) is 23.0. The SMILES string of the molecule is NCCCC[C@H](NC(=O)[C@@H]1CCCN1C(=O)[C@H](Cc1ccccc1)NC(=O)[C@H](Cc1ccc(O)cc1)NC(=O)[C@H](CCC(N)=O)NC(=O)[C@H](CCCNC(N)=O)NC(=O)[C@@H](N)CS)C(=O)O. The second kappa shape index (κ2) is 27.8. The molecular weight excluding hydrogens is 879 g/mol. The van der Waals surface area contributed by atoms with E-state index in [1.807, 2.05) is 0 Å². The minimum absolute atomic E-state index is 0.0352. The highest BCUT2D eigenvalue weighted by Crippen LogP contribution is 2.21. The van der Waals surface area contributed by atoms with E-state index in [2.05, 4.69) is 44.5 Å². The largest absolute Gasteiger partial charge is 0.508 e. The summed E-state index contributed by atoms with van der Waals surface area (Å²) >= 11 is 4.03. The Morgan fingerprint density at radius 1 is 0.697 bits per heavy atom. The lowest BCUT2D eigenvalue weighted by Gasteiger charge is -2.31. The van der Waals surface area contributed by atoms with Crippen LogP contribution in [0.1, 0.15) is 68.9 Å². The second-order valence-corrected chi connectivity index (χ2v) is 16.3. The number of nitrogens with two attached hydrogens (primary N) is 4. The number of urea groups is 1. The molecule has 0 spiro atoms. The Bertz CT molecular complexity index is 1980. The van der Waals surface area contributed by atoms with Crippen molar-refractivity contribution in [3.63, 3.8) is 0 Å². The molecule has 362 valence electrons. The molecule has 0 saturated carbocycles. The monoisotopic (exact) mass is 941 g/mol. The number of aromatic hydroxyl groups is 1. The highest BCUT2D eigenvalue weighted by atomic mass is 32.1. The number of hydrogen-bond donors (Lipinski definition) is 13. The van der Waals surface area contributed by atoms with E-state index < -0.39 is 102 Å². The van der Waals surface area contributed by atoms with Gasteiger partial charge in [-0.15, -0.1) is 0 Å². The van der Waals surface area contributed by atoms with Crippen LogP contribution in [0.2, 0.25) is 0 Å². The van der Waals surface area contributed by atoms with Gasteiger partial charge < -0.3 is 69.9 Å². The number of carbonyl (C=O) groups excluding carboxylic acids is 8. The van der Waals surface area contributed by atoms with Crippen LogP contribution in [0.15, 0.2) is 54.6 Å². The zero-order valence-corrected chi connectivity index (χ0v) is 37.5. The molecule has 2 aromatic carbocycles. The third-order valence-corrected chi connectivity index (χ3v) is 11.1. The maximum atomic E-state index is 14.5. The molecule has 66 heavy (non-hydrogen) atoms. The highest BCUT2D eigenvalue weighted by Gasteiger charge is 2.40. The van der Waals surface area contributed by atoms with Gasteiger partial charge >= 0.3 is 12.0 Å². The van der Waals surface area contributed by atoms with Gasteiger partial charge in [0, 0.05) is 38.1 Å². The number of primary amides is 2. The van der Waals surface area contributed by atoms with Crippen LogP contribution in [-0.4, -0.2) is 136 Å². The zero-order chi connectivity index (χ0) is 48.8. The standard InChI is InChI=1S/C43H63N11O11S/c44-19-5-4-10-31(42(63)64)51-40(61)34-12-7-21-54(34)41(62)33(23-25-8-2-1-3-9-25)53-39(60)32(22-26-13-15-27(55)16-14-26)52-38(59)30(17-18-35(46)56)50-37(58)29(11-6-20-48-43(47)65)49-36(57)28(45)24-66/h1-3,8-9,13-16,28-34,55,66H,4-7,10-12,17-24,44-45H2,(H2,46,56)(H,49,57)(H,50,58)(H,51,61)(H,52,59)(H,53,60)(H,63,64)(H3,47,48,65)/t28-,29-,30-,31-,32-,33-,34-/m0/s1. The predicted molar refractivity (Wildman–Crippen MR) is 244 cm³/mol. The van der Waals surface area contributed by atoms with Crippen molar-refractivity contribution >= 4 is 66.0 Å². The van der Waals surface area contributed by atoms with Gasteiger partial charge in [-0.25, -0.2) is 9.59 Å². The van der Waals surface area contributed by atoms with E-state index in [0.717, 1.165) is 0 Å². The molecule has 0 bridgehead atoms. The summed E-state index contributed by atoms with van der Waals surface area (Å²) < 4.78 is 0. The van der Waals surface area contributed by atoms with Gasteiger partial charge in [0.15, 0.2) is 0 Å². The Morgan fingerprint density at radius 3 is 1.86 bits per heavy atom. The molecule has 1 fully saturated rings. The van der Waals surface area contributed by atoms with E-state index in [0.29, 0.717) is 36.9 Å².